The van der Waals surface area contributed by atoms with E-state index in [4.69, 9.17) is 21.3 Å². The highest BCUT2D eigenvalue weighted by molar-refractivity contribution is 7.99. The van der Waals surface area contributed by atoms with Gasteiger partial charge in [-0.25, -0.2) is 4.98 Å². The fourth-order valence-electron chi connectivity index (χ4n) is 3.87. The van der Waals surface area contributed by atoms with Crippen LogP contribution in [0.4, 0.5) is 0 Å². The van der Waals surface area contributed by atoms with Crippen LogP contribution in [0.15, 0.2) is 58.5 Å². The number of nitrogens with zero attached hydrogens (tertiary/aromatic N) is 2. The molecule has 2 N–H and O–H groups in total. The summed E-state index contributed by atoms with van der Waals surface area (Å²) in [4.78, 5) is 33.9. The lowest BCUT2D eigenvalue weighted by Gasteiger charge is -2.13. The number of aromatic nitrogens is 3. The number of carbonyl (C=O) groups is 1. The Bertz CT molecular complexity index is 1340. The van der Waals surface area contributed by atoms with Gasteiger partial charge in [0, 0.05) is 29.1 Å². The van der Waals surface area contributed by atoms with Gasteiger partial charge in [-0.1, -0.05) is 41.6 Å². The first-order valence-corrected chi connectivity index (χ1v) is 11.8. The van der Waals surface area contributed by atoms with Gasteiger partial charge in [0.1, 0.15) is 11.0 Å². The van der Waals surface area contributed by atoms with Crippen molar-refractivity contribution in [3.8, 4) is 5.69 Å². The van der Waals surface area contributed by atoms with Gasteiger partial charge in [0.05, 0.1) is 17.5 Å². The van der Waals surface area contributed by atoms with E-state index in [1.807, 2.05) is 24.3 Å². The van der Waals surface area contributed by atoms with E-state index >= 15 is 0 Å². The number of halogens is 1. The van der Waals surface area contributed by atoms with Gasteiger partial charge in [0.2, 0.25) is 5.91 Å². The van der Waals surface area contributed by atoms with Crippen molar-refractivity contribution in [2.75, 3.05) is 18.9 Å². The molecule has 2 aromatic heterocycles. The number of rotatable bonds is 6. The van der Waals surface area contributed by atoms with Crippen molar-refractivity contribution < 1.29 is 9.53 Å². The maximum absolute atomic E-state index is 13.5. The van der Waals surface area contributed by atoms with Crippen LogP contribution in [-0.4, -0.2) is 45.5 Å². The second-order valence-corrected chi connectivity index (χ2v) is 9.01. The molecule has 0 unspecified atom stereocenters. The Kier molecular flexibility index (Phi) is 5.91. The van der Waals surface area contributed by atoms with E-state index < -0.39 is 0 Å². The zero-order chi connectivity index (χ0) is 22.1. The number of benzene rings is 2. The number of aromatic amines is 1. The summed E-state index contributed by atoms with van der Waals surface area (Å²) in [7, 11) is 0. The molecule has 1 fully saturated rings. The molecule has 1 aliphatic heterocycles. The number of nitrogens with one attached hydrogen (secondary N) is 2. The Morgan fingerprint density at radius 3 is 2.84 bits per heavy atom. The number of fused-ring (bicyclic) bond motifs is 3. The molecule has 0 saturated carbocycles. The molecule has 1 saturated heterocycles. The van der Waals surface area contributed by atoms with Crippen LogP contribution in [0.2, 0.25) is 5.02 Å². The normalized spacial score (nSPS) is 16.1. The summed E-state index contributed by atoms with van der Waals surface area (Å²) in [5, 5.41) is 4.80. The second-order valence-electron chi connectivity index (χ2n) is 7.63. The maximum Gasteiger partial charge on any atom is 0.283 e. The molecule has 32 heavy (non-hydrogen) atoms. The molecule has 164 valence electrons. The zero-order valence-corrected chi connectivity index (χ0v) is 18.7. The van der Waals surface area contributed by atoms with Gasteiger partial charge in [-0.3, -0.25) is 14.2 Å². The van der Waals surface area contributed by atoms with E-state index in [1.165, 1.54) is 16.3 Å². The van der Waals surface area contributed by atoms with Crippen molar-refractivity contribution in [3.63, 3.8) is 0 Å². The first kappa shape index (κ1) is 21.1. The van der Waals surface area contributed by atoms with Gasteiger partial charge in [-0.15, -0.1) is 0 Å². The number of hydrogen-bond acceptors (Lipinski definition) is 5. The van der Waals surface area contributed by atoms with E-state index in [0.717, 1.165) is 30.4 Å². The van der Waals surface area contributed by atoms with Gasteiger partial charge >= 0.3 is 0 Å². The van der Waals surface area contributed by atoms with E-state index in [2.05, 4.69) is 10.3 Å². The van der Waals surface area contributed by atoms with Crippen molar-refractivity contribution in [1.82, 2.24) is 19.9 Å². The third-order valence-corrected chi connectivity index (χ3v) is 6.65. The quantitative estimate of drug-likeness (QED) is 0.331. The van der Waals surface area contributed by atoms with Crippen LogP contribution in [0.5, 0.6) is 0 Å². The molecule has 3 heterocycles. The van der Waals surface area contributed by atoms with Crippen LogP contribution < -0.4 is 10.9 Å². The van der Waals surface area contributed by atoms with Crippen LogP contribution in [0.25, 0.3) is 27.6 Å². The van der Waals surface area contributed by atoms with E-state index in [1.54, 1.807) is 24.3 Å². The number of hydrogen-bond donors (Lipinski definition) is 2. The minimum atomic E-state index is -0.226. The molecule has 0 bridgehead atoms. The summed E-state index contributed by atoms with van der Waals surface area (Å²) in [6.07, 6.45) is 2.07. The largest absolute Gasteiger partial charge is 0.376 e. The van der Waals surface area contributed by atoms with Crippen molar-refractivity contribution in [3.05, 3.63) is 63.9 Å². The highest BCUT2D eigenvalue weighted by Crippen LogP contribution is 2.26. The number of H-pyrrole nitrogens is 1. The minimum absolute atomic E-state index is 0.0805. The molecule has 0 spiro atoms. The summed E-state index contributed by atoms with van der Waals surface area (Å²) >= 11 is 7.27. The molecule has 7 nitrogen and oxygen atoms in total. The molecular formula is C23H21ClN4O3S. The second kappa shape index (κ2) is 8.97. The molecule has 9 heteroatoms. The molecule has 4 aromatic rings. The molecule has 0 aliphatic carbocycles. The van der Waals surface area contributed by atoms with Crippen LogP contribution in [0.3, 0.4) is 0 Å². The maximum atomic E-state index is 13.5. The monoisotopic (exact) mass is 468 g/mol. The molecule has 1 amide bonds. The van der Waals surface area contributed by atoms with E-state index in [0.29, 0.717) is 33.4 Å². The smallest absolute Gasteiger partial charge is 0.283 e. The molecule has 0 radical (unpaired) electrons. The first-order chi connectivity index (χ1) is 15.6. The lowest BCUT2D eigenvalue weighted by Crippen LogP contribution is -2.33. The van der Waals surface area contributed by atoms with Gasteiger partial charge < -0.3 is 15.0 Å². The topological polar surface area (TPSA) is 89.0 Å². The average molecular weight is 469 g/mol. The number of amides is 1. The predicted molar refractivity (Wildman–Crippen MR) is 127 cm³/mol. The molecule has 2 aromatic carbocycles. The minimum Gasteiger partial charge on any atom is -0.376 e. The standard InChI is InChI=1S/C23H21ClN4O3S/c24-14-7-9-15(10-8-14)28-22(30)21-20(17-5-1-2-6-18(17)26-21)27-23(28)32-13-19(29)25-12-16-4-3-11-31-16/h1-2,5-10,16,26H,3-4,11-13H2,(H,25,29)/t16-/m1/s1. The Morgan fingerprint density at radius 2 is 2.06 bits per heavy atom. The van der Waals surface area contributed by atoms with Crippen LogP contribution in [0, 0.1) is 0 Å². The van der Waals surface area contributed by atoms with Gasteiger partial charge in [-0.2, -0.15) is 0 Å². The SMILES string of the molecule is O=C(CSc1nc2c([nH]c3ccccc32)c(=O)n1-c1ccc(Cl)cc1)NC[C@H]1CCCO1. The Balaban J connectivity index is 1.50. The lowest BCUT2D eigenvalue weighted by molar-refractivity contribution is -0.119. The summed E-state index contributed by atoms with van der Waals surface area (Å²) in [6.45, 7) is 1.25. The van der Waals surface area contributed by atoms with Crippen molar-refractivity contribution in [1.29, 1.82) is 0 Å². The lowest BCUT2D eigenvalue weighted by atomic mass is 10.2. The van der Waals surface area contributed by atoms with E-state index in [-0.39, 0.29) is 23.3 Å². The van der Waals surface area contributed by atoms with Crippen molar-refractivity contribution in [2.24, 2.45) is 0 Å². The number of thioether (sulfide) groups is 1. The van der Waals surface area contributed by atoms with E-state index in [9.17, 15) is 9.59 Å². The summed E-state index contributed by atoms with van der Waals surface area (Å²) in [5.74, 6) is 0.0158. The summed E-state index contributed by atoms with van der Waals surface area (Å²) in [5.41, 5.74) is 2.27. The third kappa shape index (κ3) is 4.13. The first-order valence-electron chi connectivity index (χ1n) is 10.4. The van der Waals surface area contributed by atoms with Crippen LogP contribution in [-0.2, 0) is 9.53 Å². The summed E-state index contributed by atoms with van der Waals surface area (Å²) in [6, 6.07) is 14.6. The Morgan fingerprint density at radius 1 is 1.25 bits per heavy atom. The highest BCUT2D eigenvalue weighted by atomic mass is 35.5. The number of carbonyl (C=O) groups excluding carboxylic acids is 1. The number of para-hydroxylation sites is 1. The van der Waals surface area contributed by atoms with Crippen molar-refractivity contribution in [2.45, 2.75) is 24.1 Å². The zero-order valence-electron chi connectivity index (χ0n) is 17.1. The Labute approximate surface area is 193 Å². The number of ether oxygens (including phenoxy) is 1. The van der Waals surface area contributed by atoms with Crippen LogP contribution in [0.1, 0.15) is 12.8 Å². The highest BCUT2D eigenvalue weighted by Gasteiger charge is 2.19. The molecule has 1 aliphatic rings. The molecule has 1 atom stereocenters. The predicted octanol–water partition coefficient (Wildman–Crippen LogP) is 3.91. The fraction of sp³-hybridized carbons (Fsp3) is 0.261. The third-order valence-electron chi connectivity index (χ3n) is 5.46. The molecule has 5 rings (SSSR count). The Hall–Kier alpha value is -2.81. The van der Waals surface area contributed by atoms with Gasteiger partial charge in [0.25, 0.3) is 5.56 Å². The van der Waals surface area contributed by atoms with Crippen molar-refractivity contribution >= 4 is 51.2 Å². The van der Waals surface area contributed by atoms with Gasteiger partial charge in [-0.05, 0) is 43.2 Å². The van der Waals surface area contributed by atoms with Crippen LogP contribution >= 0.6 is 23.4 Å². The van der Waals surface area contributed by atoms with Gasteiger partial charge in [0.15, 0.2) is 5.16 Å². The average Bonchev–Trinajstić information content (AvgIpc) is 3.45. The fourth-order valence-corrected chi connectivity index (χ4v) is 4.83. The molecular weight excluding hydrogens is 448 g/mol. The summed E-state index contributed by atoms with van der Waals surface area (Å²) < 4.78 is 7.07.